The summed E-state index contributed by atoms with van der Waals surface area (Å²) in [5, 5.41) is 24.7. The van der Waals surface area contributed by atoms with Crippen molar-refractivity contribution in [3.63, 3.8) is 0 Å². The summed E-state index contributed by atoms with van der Waals surface area (Å²) in [6, 6.07) is -5.36. The Kier molecular flexibility index (Phi) is 12.1. The van der Waals surface area contributed by atoms with E-state index in [2.05, 4.69) is 10.6 Å². The number of nitrogens with one attached hydrogen (secondary N) is 3. The second-order valence-corrected chi connectivity index (χ2v) is 7.35. The quantitative estimate of drug-likeness (QED) is 0.142. The lowest BCUT2D eigenvalue weighted by Gasteiger charge is -2.24. The number of aliphatic carboxylic acids is 2. The van der Waals surface area contributed by atoms with E-state index in [1.54, 1.807) is 6.26 Å². The van der Waals surface area contributed by atoms with Crippen molar-refractivity contribution in [2.24, 2.45) is 11.5 Å². The van der Waals surface area contributed by atoms with Crippen molar-refractivity contribution in [1.82, 2.24) is 16.0 Å². The molecule has 0 spiro atoms. The van der Waals surface area contributed by atoms with Crippen LogP contribution in [0, 0.1) is 0 Å². The Morgan fingerprint density at radius 2 is 1.37 bits per heavy atom. The lowest BCUT2D eigenvalue weighted by Crippen LogP contribution is -2.57. The molecule has 0 aliphatic carbocycles. The van der Waals surface area contributed by atoms with E-state index in [1.165, 1.54) is 18.7 Å². The number of nitrogens with two attached hydrogens (primary N) is 2. The van der Waals surface area contributed by atoms with Gasteiger partial charge in [0.05, 0.1) is 18.9 Å². The predicted molar refractivity (Wildman–Crippen MR) is 106 cm³/mol. The lowest BCUT2D eigenvalue weighted by molar-refractivity contribution is -0.144. The van der Waals surface area contributed by atoms with Gasteiger partial charge in [-0.15, -0.1) is 0 Å². The van der Waals surface area contributed by atoms with Crippen molar-refractivity contribution in [1.29, 1.82) is 0 Å². The van der Waals surface area contributed by atoms with Crippen LogP contribution in [0.3, 0.4) is 0 Å². The molecule has 0 rings (SSSR count). The number of carboxylic acid groups (broad SMARTS) is 2. The zero-order chi connectivity index (χ0) is 23.4. The molecule has 0 radical (unpaired) electrons. The molecule has 0 aliphatic rings. The fraction of sp³-hybridized carbons (Fsp3) is 0.625. The number of carbonyl (C=O) groups is 6. The number of carboxylic acids is 2. The van der Waals surface area contributed by atoms with Crippen LogP contribution in [0.1, 0.15) is 26.2 Å². The Morgan fingerprint density at radius 3 is 1.80 bits per heavy atom. The first-order chi connectivity index (χ1) is 13.9. The number of rotatable bonds is 14. The van der Waals surface area contributed by atoms with Crippen molar-refractivity contribution in [3.8, 4) is 0 Å². The molecule has 0 aliphatic heterocycles. The number of carbonyl (C=O) groups excluding carboxylic acids is 4. The maximum atomic E-state index is 12.6. The third-order valence-electron chi connectivity index (χ3n) is 3.69. The molecule has 9 N–H and O–H groups in total. The standard InChI is InChI=1S/C16H27N5O8S/c1-7(17)13(25)19-8(3-4-30-2)14(26)20-9(6-12(23)24)15(27)21-10(16(28)29)5-11(18)22/h7-10H,3-6,17H2,1-2H3,(H2,18,22)(H,19,25)(H,20,26)(H,21,27)(H,23,24)(H,28,29)/t7-,8-,9-,10-/m0/s1. The molecular weight excluding hydrogens is 422 g/mol. The van der Waals surface area contributed by atoms with Crippen LogP contribution in [0.2, 0.25) is 0 Å². The third kappa shape index (κ3) is 10.6. The third-order valence-corrected chi connectivity index (χ3v) is 4.33. The maximum Gasteiger partial charge on any atom is 0.326 e. The van der Waals surface area contributed by atoms with Crippen molar-refractivity contribution in [3.05, 3.63) is 0 Å². The highest BCUT2D eigenvalue weighted by Gasteiger charge is 2.31. The average molecular weight is 449 g/mol. The molecule has 0 bridgehead atoms. The molecule has 13 nitrogen and oxygen atoms in total. The van der Waals surface area contributed by atoms with Gasteiger partial charge < -0.3 is 37.6 Å². The van der Waals surface area contributed by atoms with Gasteiger partial charge in [-0.25, -0.2) is 4.79 Å². The van der Waals surface area contributed by atoms with E-state index in [0.29, 0.717) is 5.75 Å². The molecule has 30 heavy (non-hydrogen) atoms. The minimum Gasteiger partial charge on any atom is -0.481 e. The van der Waals surface area contributed by atoms with Gasteiger partial charge in [-0.2, -0.15) is 11.8 Å². The fourth-order valence-corrected chi connectivity index (χ4v) is 2.61. The molecule has 0 unspecified atom stereocenters. The molecule has 0 aromatic carbocycles. The number of hydrogen-bond acceptors (Lipinski definition) is 8. The first kappa shape index (κ1) is 27.1. The van der Waals surface area contributed by atoms with Gasteiger partial charge in [0.1, 0.15) is 18.1 Å². The second-order valence-electron chi connectivity index (χ2n) is 6.36. The Labute approximate surface area is 176 Å². The summed E-state index contributed by atoms with van der Waals surface area (Å²) in [4.78, 5) is 70.0. The lowest BCUT2D eigenvalue weighted by atomic mass is 10.1. The van der Waals surface area contributed by atoms with Crippen LogP contribution in [0.15, 0.2) is 0 Å². The minimum absolute atomic E-state index is 0.173. The molecule has 0 saturated heterocycles. The van der Waals surface area contributed by atoms with Crippen LogP contribution in [0.5, 0.6) is 0 Å². The van der Waals surface area contributed by atoms with Crippen LogP contribution >= 0.6 is 11.8 Å². The maximum absolute atomic E-state index is 12.6. The van der Waals surface area contributed by atoms with E-state index < -0.39 is 72.6 Å². The van der Waals surface area contributed by atoms with E-state index in [9.17, 15) is 28.8 Å². The van der Waals surface area contributed by atoms with Crippen LogP contribution in [-0.4, -0.2) is 82.0 Å². The molecule has 170 valence electrons. The van der Waals surface area contributed by atoms with Crippen LogP contribution in [0.4, 0.5) is 0 Å². The Balaban J connectivity index is 5.42. The van der Waals surface area contributed by atoms with Gasteiger partial charge in [0.15, 0.2) is 0 Å². The topological polar surface area (TPSA) is 231 Å². The second kappa shape index (κ2) is 13.4. The highest BCUT2D eigenvalue weighted by molar-refractivity contribution is 7.98. The van der Waals surface area contributed by atoms with Crippen molar-refractivity contribution >= 4 is 47.3 Å². The van der Waals surface area contributed by atoms with E-state index in [4.69, 9.17) is 21.7 Å². The van der Waals surface area contributed by atoms with Crippen LogP contribution in [0.25, 0.3) is 0 Å². The van der Waals surface area contributed by atoms with Gasteiger partial charge in [0.2, 0.25) is 23.6 Å². The molecule has 0 aromatic heterocycles. The van der Waals surface area contributed by atoms with Gasteiger partial charge >= 0.3 is 11.9 Å². The van der Waals surface area contributed by atoms with E-state index in [1.807, 2.05) is 5.32 Å². The first-order valence-corrected chi connectivity index (χ1v) is 10.2. The molecule has 0 aromatic rings. The highest BCUT2D eigenvalue weighted by atomic mass is 32.2. The molecule has 4 amide bonds. The number of hydrogen-bond donors (Lipinski definition) is 7. The molecule has 0 heterocycles. The summed E-state index contributed by atoms with van der Waals surface area (Å²) < 4.78 is 0. The monoisotopic (exact) mass is 449 g/mol. The SMILES string of the molecule is CSCC[C@H](NC(=O)[C@H](C)N)C(=O)N[C@@H](CC(=O)O)C(=O)N[C@@H](CC(N)=O)C(=O)O. The zero-order valence-corrected chi connectivity index (χ0v) is 17.4. The van der Waals surface area contributed by atoms with Crippen molar-refractivity contribution in [2.75, 3.05) is 12.0 Å². The Morgan fingerprint density at radius 1 is 0.867 bits per heavy atom. The molecule has 0 saturated carbocycles. The summed E-state index contributed by atoms with van der Waals surface area (Å²) in [5.74, 6) is -6.16. The Hall–Kier alpha value is -2.87. The van der Waals surface area contributed by atoms with E-state index >= 15 is 0 Å². The molecule has 0 fully saturated rings. The van der Waals surface area contributed by atoms with Gasteiger partial charge in [-0.3, -0.25) is 24.0 Å². The largest absolute Gasteiger partial charge is 0.481 e. The first-order valence-electron chi connectivity index (χ1n) is 8.77. The number of primary amides is 1. The minimum atomic E-state index is -1.70. The van der Waals surface area contributed by atoms with Gasteiger partial charge in [0, 0.05) is 0 Å². The summed E-state index contributed by atoms with van der Waals surface area (Å²) >= 11 is 1.39. The van der Waals surface area contributed by atoms with Gasteiger partial charge in [0.25, 0.3) is 0 Å². The van der Waals surface area contributed by atoms with Crippen molar-refractivity contribution in [2.45, 2.75) is 50.4 Å². The zero-order valence-electron chi connectivity index (χ0n) is 16.5. The fourth-order valence-electron chi connectivity index (χ4n) is 2.14. The van der Waals surface area contributed by atoms with Gasteiger partial charge in [-0.1, -0.05) is 0 Å². The summed E-state index contributed by atoms with van der Waals surface area (Å²) in [6.07, 6.45) is 0.354. The summed E-state index contributed by atoms with van der Waals surface area (Å²) in [7, 11) is 0. The highest BCUT2D eigenvalue weighted by Crippen LogP contribution is 2.04. The van der Waals surface area contributed by atoms with Crippen LogP contribution < -0.4 is 27.4 Å². The number of amides is 4. The number of thioether (sulfide) groups is 1. The predicted octanol–water partition coefficient (Wildman–Crippen LogP) is -3.02. The van der Waals surface area contributed by atoms with Gasteiger partial charge in [-0.05, 0) is 25.4 Å². The van der Waals surface area contributed by atoms with E-state index in [-0.39, 0.29) is 6.42 Å². The Bertz CT molecular complexity index is 672. The molecule has 4 atom stereocenters. The molecule has 14 heteroatoms. The van der Waals surface area contributed by atoms with E-state index in [0.717, 1.165) is 0 Å². The summed E-state index contributed by atoms with van der Waals surface area (Å²) in [6.45, 7) is 1.41. The van der Waals surface area contributed by atoms with Crippen LogP contribution in [-0.2, 0) is 28.8 Å². The molecular formula is C16H27N5O8S. The van der Waals surface area contributed by atoms with Crippen molar-refractivity contribution < 1.29 is 39.0 Å². The summed E-state index contributed by atoms with van der Waals surface area (Å²) in [5.41, 5.74) is 10.4. The average Bonchev–Trinajstić information content (AvgIpc) is 2.62. The normalized spacial score (nSPS) is 14.5. The smallest absolute Gasteiger partial charge is 0.326 e.